The van der Waals surface area contributed by atoms with Crippen LogP contribution in [0.15, 0.2) is 56.1 Å². The SMILES string of the molecule is CN(C)CCN1C(=O)c2oc3ccc(Br)cc3c(=O)c2C1c1cccc(O)c1. The number of rotatable bonds is 4. The van der Waals surface area contributed by atoms with Gasteiger partial charge >= 0.3 is 0 Å². The lowest BCUT2D eigenvalue weighted by Crippen LogP contribution is -2.35. The second kappa shape index (κ2) is 7.07. The Hall–Kier alpha value is -2.64. The molecule has 0 bridgehead atoms. The second-order valence-electron chi connectivity index (χ2n) is 7.11. The van der Waals surface area contributed by atoms with Crippen molar-refractivity contribution in [3.63, 3.8) is 0 Å². The summed E-state index contributed by atoms with van der Waals surface area (Å²) < 4.78 is 6.64. The third-order valence-electron chi connectivity index (χ3n) is 4.90. The Balaban J connectivity index is 1.96. The predicted octanol–water partition coefficient (Wildman–Crippen LogP) is 3.37. The van der Waals surface area contributed by atoms with Crippen molar-refractivity contribution >= 4 is 32.8 Å². The van der Waals surface area contributed by atoms with Crippen LogP contribution in [0.2, 0.25) is 0 Å². The van der Waals surface area contributed by atoms with Crippen LogP contribution in [-0.4, -0.2) is 48.0 Å². The average molecular weight is 443 g/mol. The lowest BCUT2D eigenvalue weighted by molar-refractivity contribution is 0.0716. The maximum atomic E-state index is 13.3. The maximum Gasteiger partial charge on any atom is 0.290 e. The highest BCUT2D eigenvalue weighted by Gasteiger charge is 2.42. The quantitative estimate of drug-likeness (QED) is 0.670. The number of benzene rings is 2. The molecule has 0 radical (unpaired) electrons. The number of hydrogen-bond donors (Lipinski definition) is 1. The summed E-state index contributed by atoms with van der Waals surface area (Å²) in [5.74, 6) is -0.155. The van der Waals surface area contributed by atoms with Gasteiger partial charge in [0.05, 0.1) is 17.0 Å². The first-order valence-corrected chi connectivity index (χ1v) is 9.67. The summed E-state index contributed by atoms with van der Waals surface area (Å²) in [4.78, 5) is 30.1. The van der Waals surface area contributed by atoms with Crippen LogP contribution in [-0.2, 0) is 0 Å². The van der Waals surface area contributed by atoms with Crippen LogP contribution in [0.1, 0.15) is 27.7 Å². The van der Waals surface area contributed by atoms with Crippen molar-refractivity contribution in [2.24, 2.45) is 0 Å². The number of phenols is 1. The molecule has 2 aromatic carbocycles. The average Bonchev–Trinajstić information content (AvgIpc) is 2.93. The lowest BCUT2D eigenvalue weighted by atomic mass is 9.98. The molecular formula is C21H19BrN2O4. The number of nitrogens with zero attached hydrogens (tertiary/aromatic N) is 2. The Labute approximate surface area is 170 Å². The van der Waals surface area contributed by atoms with Gasteiger partial charge in [0.25, 0.3) is 5.91 Å². The number of fused-ring (bicyclic) bond motifs is 2. The van der Waals surface area contributed by atoms with E-state index in [2.05, 4.69) is 15.9 Å². The van der Waals surface area contributed by atoms with Crippen LogP contribution in [0, 0.1) is 0 Å². The fourth-order valence-corrected chi connectivity index (χ4v) is 3.93. The molecule has 0 fully saturated rings. The highest BCUT2D eigenvalue weighted by molar-refractivity contribution is 9.10. The van der Waals surface area contributed by atoms with Crippen molar-refractivity contribution in [3.8, 4) is 5.75 Å². The minimum Gasteiger partial charge on any atom is -0.508 e. The molecule has 1 amide bonds. The topological polar surface area (TPSA) is 74.0 Å². The van der Waals surface area contributed by atoms with Gasteiger partial charge in [-0.25, -0.2) is 0 Å². The zero-order chi connectivity index (χ0) is 20.0. The molecule has 1 atom stereocenters. The molecule has 28 heavy (non-hydrogen) atoms. The van der Waals surface area contributed by atoms with Gasteiger partial charge < -0.3 is 19.3 Å². The van der Waals surface area contributed by atoms with Crippen LogP contribution >= 0.6 is 15.9 Å². The van der Waals surface area contributed by atoms with Gasteiger partial charge in [0.15, 0.2) is 5.43 Å². The maximum absolute atomic E-state index is 13.3. The monoisotopic (exact) mass is 442 g/mol. The largest absolute Gasteiger partial charge is 0.508 e. The third kappa shape index (κ3) is 3.10. The summed E-state index contributed by atoms with van der Waals surface area (Å²) in [6.45, 7) is 1.06. The Morgan fingerprint density at radius 2 is 1.96 bits per heavy atom. The van der Waals surface area contributed by atoms with Crippen LogP contribution in [0.5, 0.6) is 5.75 Å². The van der Waals surface area contributed by atoms with Gasteiger partial charge in [-0.2, -0.15) is 0 Å². The van der Waals surface area contributed by atoms with Gasteiger partial charge in [-0.05, 0) is 50.0 Å². The molecule has 4 rings (SSSR count). The van der Waals surface area contributed by atoms with E-state index in [0.29, 0.717) is 35.2 Å². The third-order valence-corrected chi connectivity index (χ3v) is 5.40. The number of hydrogen-bond acceptors (Lipinski definition) is 5. The van der Waals surface area contributed by atoms with Crippen molar-refractivity contribution < 1.29 is 14.3 Å². The summed E-state index contributed by atoms with van der Waals surface area (Å²) in [6.07, 6.45) is 0. The van der Waals surface area contributed by atoms with E-state index < -0.39 is 6.04 Å². The predicted molar refractivity (Wildman–Crippen MR) is 110 cm³/mol. The Morgan fingerprint density at radius 3 is 2.68 bits per heavy atom. The number of carbonyl (C=O) groups is 1. The first-order chi connectivity index (χ1) is 13.4. The summed E-state index contributed by atoms with van der Waals surface area (Å²) in [5, 5.41) is 10.4. The van der Waals surface area contributed by atoms with E-state index in [9.17, 15) is 14.7 Å². The molecule has 1 N–H and O–H groups in total. The van der Waals surface area contributed by atoms with Crippen molar-refractivity contribution in [1.29, 1.82) is 0 Å². The zero-order valence-corrected chi connectivity index (χ0v) is 17.1. The Bertz CT molecular complexity index is 1140. The first-order valence-electron chi connectivity index (χ1n) is 8.87. The van der Waals surface area contributed by atoms with E-state index in [1.54, 1.807) is 47.4 Å². The molecule has 1 aliphatic heterocycles. The van der Waals surface area contributed by atoms with Crippen LogP contribution in [0.4, 0.5) is 0 Å². The minimum atomic E-state index is -0.603. The fourth-order valence-electron chi connectivity index (χ4n) is 3.57. The van der Waals surface area contributed by atoms with Crippen molar-refractivity contribution in [1.82, 2.24) is 9.80 Å². The minimum absolute atomic E-state index is 0.0759. The fraction of sp³-hybridized carbons (Fsp3) is 0.238. The number of carbonyl (C=O) groups excluding carboxylic acids is 1. The second-order valence-corrected chi connectivity index (χ2v) is 8.03. The smallest absolute Gasteiger partial charge is 0.290 e. The summed E-state index contributed by atoms with van der Waals surface area (Å²) in [7, 11) is 3.85. The van der Waals surface area contributed by atoms with Crippen molar-refractivity contribution in [2.45, 2.75) is 6.04 Å². The lowest BCUT2D eigenvalue weighted by Gasteiger charge is -2.26. The molecule has 3 aromatic rings. The molecule has 0 saturated carbocycles. The molecule has 2 heterocycles. The van der Waals surface area contributed by atoms with Crippen molar-refractivity contribution in [2.75, 3.05) is 27.2 Å². The first kappa shape index (κ1) is 18.7. The Morgan fingerprint density at radius 1 is 1.18 bits per heavy atom. The van der Waals surface area contributed by atoms with Gasteiger partial charge in [0, 0.05) is 17.6 Å². The normalized spacial score (nSPS) is 16.2. The van der Waals surface area contributed by atoms with E-state index in [0.717, 1.165) is 4.47 Å². The molecular weight excluding hydrogens is 424 g/mol. The standard InChI is InChI=1S/C21H19BrN2O4/c1-23(2)8-9-24-18(12-4-3-5-14(25)10-12)17-19(26)15-11-13(22)6-7-16(15)28-20(17)21(24)27/h3-7,10-11,18,25H,8-9H2,1-2H3. The van der Waals surface area contributed by atoms with E-state index in [1.165, 1.54) is 0 Å². The number of amides is 1. The van der Waals surface area contributed by atoms with E-state index in [1.807, 2.05) is 19.0 Å². The summed E-state index contributed by atoms with van der Waals surface area (Å²) in [6, 6.07) is 11.2. The molecule has 0 spiro atoms. The van der Waals surface area contributed by atoms with Crippen LogP contribution in [0.25, 0.3) is 11.0 Å². The molecule has 144 valence electrons. The zero-order valence-electron chi connectivity index (χ0n) is 15.5. The van der Waals surface area contributed by atoms with Gasteiger partial charge in [-0.3, -0.25) is 9.59 Å². The highest BCUT2D eigenvalue weighted by atomic mass is 79.9. The molecule has 0 saturated heterocycles. The highest BCUT2D eigenvalue weighted by Crippen LogP contribution is 2.38. The van der Waals surface area contributed by atoms with E-state index in [-0.39, 0.29) is 22.8 Å². The Kier molecular flexibility index (Phi) is 4.72. The van der Waals surface area contributed by atoms with Gasteiger partial charge in [0.2, 0.25) is 5.76 Å². The van der Waals surface area contributed by atoms with Gasteiger partial charge in [0.1, 0.15) is 11.3 Å². The molecule has 1 unspecified atom stereocenters. The molecule has 7 heteroatoms. The van der Waals surface area contributed by atoms with Crippen LogP contribution < -0.4 is 5.43 Å². The molecule has 1 aliphatic rings. The molecule has 1 aromatic heterocycles. The number of halogens is 1. The molecule has 0 aliphatic carbocycles. The van der Waals surface area contributed by atoms with E-state index in [4.69, 9.17) is 4.42 Å². The summed E-state index contributed by atoms with van der Waals surface area (Å²) in [5.41, 5.74) is 1.14. The number of likely N-dealkylation sites (N-methyl/N-ethyl adjacent to an activating group) is 1. The van der Waals surface area contributed by atoms with Crippen LogP contribution in [0.3, 0.4) is 0 Å². The van der Waals surface area contributed by atoms with Gasteiger partial charge in [-0.15, -0.1) is 0 Å². The molecule has 6 nitrogen and oxygen atoms in total. The number of phenolic OH excluding ortho intramolecular Hbond substituents is 1. The van der Waals surface area contributed by atoms with E-state index >= 15 is 0 Å². The number of aromatic hydroxyl groups is 1. The summed E-state index contributed by atoms with van der Waals surface area (Å²) >= 11 is 3.38. The van der Waals surface area contributed by atoms with Crippen molar-refractivity contribution in [3.05, 3.63) is 74.0 Å². The van der Waals surface area contributed by atoms with Gasteiger partial charge in [-0.1, -0.05) is 28.1 Å².